The molecule has 0 aliphatic heterocycles. The lowest BCUT2D eigenvalue weighted by Crippen LogP contribution is -2.37. The van der Waals surface area contributed by atoms with Crippen LogP contribution in [0.5, 0.6) is 0 Å². The maximum Gasteiger partial charge on any atom is 0.0125 e. The summed E-state index contributed by atoms with van der Waals surface area (Å²) in [5, 5.41) is 3.69. The normalized spacial score (nSPS) is 39.8. The Morgan fingerprint density at radius 3 is 2.53 bits per heavy atom. The molecule has 3 N–H and O–H groups in total. The molecule has 0 saturated heterocycles. The van der Waals surface area contributed by atoms with E-state index in [9.17, 15) is 0 Å². The Bertz CT molecular complexity index is 213. The summed E-state index contributed by atoms with van der Waals surface area (Å²) in [6.07, 6.45) is 8.02. The highest BCUT2D eigenvalue weighted by Gasteiger charge is 2.45. The number of hydrogen-bond donors (Lipinski definition) is 2. The van der Waals surface area contributed by atoms with Crippen molar-refractivity contribution in [3.63, 3.8) is 0 Å². The molecule has 0 aromatic rings. The van der Waals surface area contributed by atoms with E-state index in [1.165, 1.54) is 38.5 Å². The fourth-order valence-corrected chi connectivity index (χ4v) is 2.78. The molecule has 0 spiro atoms. The number of nitrogens with one attached hydrogen (secondary N) is 1. The minimum Gasteiger partial charge on any atom is -0.327 e. The largest absolute Gasteiger partial charge is 0.327 e. The molecule has 0 radical (unpaired) electrons. The van der Waals surface area contributed by atoms with Crippen LogP contribution in [0.25, 0.3) is 0 Å². The van der Waals surface area contributed by atoms with Gasteiger partial charge in [0.15, 0.2) is 0 Å². The van der Waals surface area contributed by atoms with Crippen LogP contribution in [-0.4, -0.2) is 18.6 Å². The molecule has 0 heterocycles. The minimum atomic E-state index is 0.446. The summed E-state index contributed by atoms with van der Waals surface area (Å²) in [5.41, 5.74) is 6.76. The van der Waals surface area contributed by atoms with E-state index in [-0.39, 0.29) is 0 Å². The molecular weight excluding hydrogens is 184 g/mol. The Balaban J connectivity index is 1.73. The zero-order chi connectivity index (χ0) is 10.9. The summed E-state index contributed by atoms with van der Waals surface area (Å²) in [4.78, 5) is 0. The van der Waals surface area contributed by atoms with Gasteiger partial charge < -0.3 is 11.1 Å². The van der Waals surface area contributed by atoms with Crippen molar-refractivity contribution >= 4 is 0 Å². The molecule has 2 fully saturated rings. The first kappa shape index (κ1) is 11.4. The van der Waals surface area contributed by atoms with E-state index in [2.05, 4.69) is 19.2 Å². The molecule has 2 nitrogen and oxygen atoms in total. The maximum absolute atomic E-state index is 6.21. The van der Waals surface area contributed by atoms with Gasteiger partial charge in [0.2, 0.25) is 0 Å². The molecule has 2 aliphatic carbocycles. The number of nitrogens with two attached hydrogens (primary N) is 1. The first-order chi connectivity index (χ1) is 7.09. The standard InChI is InChI=1S/C13H26N2/c1-13(2)8-12(13)15-9-10-6-4-3-5-7-11(10)14/h10-12,15H,3-9,14H2,1-2H3. The molecule has 2 rings (SSSR count). The van der Waals surface area contributed by atoms with E-state index in [0.717, 1.165) is 18.5 Å². The molecule has 0 bridgehead atoms. The predicted molar refractivity (Wildman–Crippen MR) is 64.7 cm³/mol. The highest BCUT2D eigenvalue weighted by atomic mass is 15.0. The maximum atomic E-state index is 6.21. The van der Waals surface area contributed by atoms with E-state index in [0.29, 0.717) is 11.5 Å². The van der Waals surface area contributed by atoms with Gasteiger partial charge in [-0.1, -0.05) is 33.1 Å². The summed E-state index contributed by atoms with van der Waals surface area (Å²) in [7, 11) is 0. The fourth-order valence-electron chi connectivity index (χ4n) is 2.78. The second kappa shape index (κ2) is 4.42. The quantitative estimate of drug-likeness (QED) is 0.701. The Labute approximate surface area is 94.0 Å². The van der Waals surface area contributed by atoms with Gasteiger partial charge in [0.1, 0.15) is 0 Å². The van der Waals surface area contributed by atoms with Gasteiger partial charge in [0.25, 0.3) is 0 Å². The molecule has 2 heteroatoms. The molecule has 88 valence electrons. The van der Waals surface area contributed by atoms with Gasteiger partial charge in [-0.05, 0) is 37.1 Å². The van der Waals surface area contributed by atoms with Crippen LogP contribution in [0.2, 0.25) is 0 Å². The SMILES string of the molecule is CC1(C)CC1NCC1CCCCCC1N. The topological polar surface area (TPSA) is 38.0 Å². The third-order valence-corrected chi connectivity index (χ3v) is 4.36. The van der Waals surface area contributed by atoms with Gasteiger partial charge in [-0.2, -0.15) is 0 Å². The molecule has 0 aromatic carbocycles. The Morgan fingerprint density at radius 2 is 1.87 bits per heavy atom. The summed E-state index contributed by atoms with van der Waals surface area (Å²) < 4.78 is 0. The van der Waals surface area contributed by atoms with Gasteiger partial charge >= 0.3 is 0 Å². The first-order valence-electron chi connectivity index (χ1n) is 6.58. The smallest absolute Gasteiger partial charge is 0.0125 e. The van der Waals surface area contributed by atoms with E-state index < -0.39 is 0 Å². The molecule has 0 aromatic heterocycles. The van der Waals surface area contributed by atoms with E-state index >= 15 is 0 Å². The van der Waals surface area contributed by atoms with Gasteiger partial charge in [0, 0.05) is 12.1 Å². The van der Waals surface area contributed by atoms with E-state index in [1.54, 1.807) is 0 Å². The Hall–Kier alpha value is -0.0800. The van der Waals surface area contributed by atoms with Crippen molar-refractivity contribution in [1.29, 1.82) is 0 Å². The summed E-state index contributed by atoms with van der Waals surface area (Å²) in [6, 6.07) is 1.20. The first-order valence-corrected chi connectivity index (χ1v) is 6.58. The van der Waals surface area contributed by atoms with Crippen molar-refractivity contribution in [3.8, 4) is 0 Å². The zero-order valence-corrected chi connectivity index (χ0v) is 10.3. The Morgan fingerprint density at radius 1 is 1.20 bits per heavy atom. The van der Waals surface area contributed by atoms with Crippen LogP contribution in [0.4, 0.5) is 0 Å². The summed E-state index contributed by atoms with van der Waals surface area (Å²) in [6.45, 7) is 5.84. The minimum absolute atomic E-state index is 0.446. The van der Waals surface area contributed by atoms with Crippen LogP contribution in [0, 0.1) is 11.3 Å². The van der Waals surface area contributed by atoms with Gasteiger partial charge in [-0.15, -0.1) is 0 Å². The van der Waals surface area contributed by atoms with Crippen LogP contribution in [-0.2, 0) is 0 Å². The van der Waals surface area contributed by atoms with E-state index in [1.807, 2.05) is 0 Å². The Kier molecular flexibility index (Phi) is 3.36. The lowest BCUT2D eigenvalue weighted by molar-refractivity contribution is 0.364. The van der Waals surface area contributed by atoms with Crippen LogP contribution in [0.3, 0.4) is 0 Å². The average Bonchev–Trinajstić information content (AvgIpc) is 2.82. The molecule has 3 unspecified atom stereocenters. The second-order valence-corrected chi connectivity index (χ2v) is 6.22. The fraction of sp³-hybridized carbons (Fsp3) is 1.00. The van der Waals surface area contributed by atoms with Crippen molar-refractivity contribution in [2.75, 3.05) is 6.54 Å². The van der Waals surface area contributed by atoms with Crippen molar-refractivity contribution in [3.05, 3.63) is 0 Å². The van der Waals surface area contributed by atoms with Crippen molar-refractivity contribution in [2.24, 2.45) is 17.1 Å². The monoisotopic (exact) mass is 210 g/mol. The molecule has 2 saturated carbocycles. The third-order valence-electron chi connectivity index (χ3n) is 4.36. The molecule has 15 heavy (non-hydrogen) atoms. The number of hydrogen-bond acceptors (Lipinski definition) is 2. The summed E-state index contributed by atoms with van der Waals surface area (Å²) in [5.74, 6) is 0.726. The average molecular weight is 210 g/mol. The van der Waals surface area contributed by atoms with Gasteiger partial charge in [0.05, 0.1) is 0 Å². The molecule has 3 atom stereocenters. The van der Waals surface area contributed by atoms with Crippen molar-refractivity contribution in [1.82, 2.24) is 5.32 Å². The highest BCUT2D eigenvalue weighted by Crippen LogP contribution is 2.44. The lowest BCUT2D eigenvalue weighted by atomic mass is 9.95. The van der Waals surface area contributed by atoms with Crippen LogP contribution in [0.15, 0.2) is 0 Å². The molecular formula is C13H26N2. The predicted octanol–water partition coefficient (Wildman–Crippen LogP) is 2.28. The van der Waals surface area contributed by atoms with Crippen molar-refractivity contribution < 1.29 is 0 Å². The number of rotatable bonds is 3. The van der Waals surface area contributed by atoms with Crippen LogP contribution < -0.4 is 11.1 Å². The second-order valence-electron chi connectivity index (χ2n) is 6.22. The van der Waals surface area contributed by atoms with Gasteiger partial charge in [-0.25, -0.2) is 0 Å². The molecule has 2 aliphatic rings. The summed E-state index contributed by atoms with van der Waals surface area (Å²) >= 11 is 0. The van der Waals surface area contributed by atoms with E-state index in [4.69, 9.17) is 5.73 Å². The highest BCUT2D eigenvalue weighted by molar-refractivity contribution is 5.01. The molecule has 0 amide bonds. The zero-order valence-electron chi connectivity index (χ0n) is 10.3. The van der Waals surface area contributed by atoms with Gasteiger partial charge in [-0.3, -0.25) is 0 Å². The van der Waals surface area contributed by atoms with Crippen LogP contribution >= 0.6 is 0 Å². The third kappa shape index (κ3) is 2.94. The lowest BCUT2D eigenvalue weighted by Gasteiger charge is -2.22. The van der Waals surface area contributed by atoms with Crippen molar-refractivity contribution in [2.45, 2.75) is 64.5 Å². The van der Waals surface area contributed by atoms with Crippen LogP contribution in [0.1, 0.15) is 52.4 Å².